The number of H-pyrrole nitrogens is 2. The van der Waals surface area contributed by atoms with Gasteiger partial charge in [-0.2, -0.15) is 0 Å². The van der Waals surface area contributed by atoms with Gasteiger partial charge >= 0.3 is 5.69 Å². The summed E-state index contributed by atoms with van der Waals surface area (Å²) in [7, 11) is 0. The molecule has 3 N–H and O–H groups in total. The molecule has 1 fully saturated rings. The van der Waals surface area contributed by atoms with Gasteiger partial charge in [-0.3, -0.25) is 0 Å². The van der Waals surface area contributed by atoms with Crippen LogP contribution in [0.15, 0.2) is 23.0 Å². The molecule has 1 aliphatic rings. The number of aromatic nitrogens is 2. The van der Waals surface area contributed by atoms with Crippen molar-refractivity contribution in [1.29, 1.82) is 0 Å². The van der Waals surface area contributed by atoms with Gasteiger partial charge in [-0.15, -0.1) is 0 Å². The minimum atomic E-state index is -0.156. The van der Waals surface area contributed by atoms with Gasteiger partial charge in [0.15, 0.2) is 0 Å². The number of hydrogen-bond acceptors (Lipinski definition) is 3. The third kappa shape index (κ3) is 3.04. The Morgan fingerprint density at radius 1 is 1.38 bits per heavy atom. The van der Waals surface area contributed by atoms with E-state index in [0.29, 0.717) is 12.0 Å². The average Bonchev–Trinajstić information content (AvgIpc) is 3.08. The Labute approximate surface area is 124 Å². The molecule has 1 aromatic carbocycles. The topological polar surface area (TPSA) is 69.9 Å². The summed E-state index contributed by atoms with van der Waals surface area (Å²) in [6.07, 6.45) is 2.62. The number of aromatic amines is 2. The van der Waals surface area contributed by atoms with E-state index in [9.17, 15) is 4.79 Å². The lowest BCUT2D eigenvalue weighted by Crippen LogP contribution is -2.30. The molecule has 5 nitrogen and oxygen atoms in total. The summed E-state index contributed by atoms with van der Waals surface area (Å²) in [4.78, 5) is 16.9. The fourth-order valence-corrected chi connectivity index (χ4v) is 3.14. The van der Waals surface area contributed by atoms with Crippen molar-refractivity contribution in [2.75, 3.05) is 13.2 Å². The normalized spacial score (nSPS) is 23.7. The highest BCUT2D eigenvalue weighted by atomic mass is 16.5. The number of imidazole rings is 1. The molecular formula is C16H23N3O2. The Hall–Kier alpha value is -1.59. The van der Waals surface area contributed by atoms with Crippen molar-refractivity contribution in [2.45, 2.75) is 38.8 Å². The maximum absolute atomic E-state index is 11.3. The Kier molecular flexibility index (Phi) is 4.12. The summed E-state index contributed by atoms with van der Waals surface area (Å²) in [6, 6.07) is 6.30. The van der Waals surface area contributed by atoms with Gasteiger partial charge in [0.05, 0.1) is 17.1 Å². The molecule has 1 saturated heterocycles. The molecule has 0 bridgehead atoms. The van der Waals surface area contributed by atoms with Crippen LogP contribution in [0.1, 0.15) is 38.3 Å². The fourth-order valence-electron chi connectivity index (χ4n) is 3.14. The highest BCUT2D eigenvalue weighted by Crippen LogP contribution is 2.24. The summed E-state index contributed by atoms with van der Waals surface area (Å²) >= 11 is 0. The van der Waals surface area contributed by atoms with Gasteiger partial charge < -0.3 is 20.0 Å². The van der Waals surface area contributed by atoms with Gasteiger partial charge in [0.25, 0.3) is 0 Å². The molecule has 3 unspecified atom stereocenters. The molecule has 0 aliphatic carbocycles. The highest BCUT2D eigenvalue weighted by molar-refractivity contribution is 5.75. The number of rotatable bonds is 5. The first kappa shape index (κ1) is 14.4. The van der Waals surface area contributed by atoms with Crippen LogP contribution in [-0.4, -0.2) is 29.2 Å². The lowest BCUT2D eigenvalue weighted by molar-refractivity contribution is 0.0867. The van der Waals surface area contributed by atoms with Crippen LogP contribution in [0.5, 0.6) is 0 Å². The molecular weight excluding hydrogens is 266 g/mol. The third-order valence-corrected chi connectivity index (χ3v) is 4.47. The second-order valence-corrected chi connectivity index (χ2v) is 5.88. The molecule has 1 aliphatic heterocycles. The van der Waals surface area contributed by atoms with Crippen LogP contribution in [0.4, 0.5) is 0 Å². The minimum Gasteiger partial charge on any atom is -0.378 e. The van der Waals surface area contributed by atoms with Crippen LogP contribution in [0, 0.1) is 5.92 Å². The number of ether oxygens (including phenoxy) is 1. The molecule has 3 atom stereocenters. The number of nitrogens with one attached hydrogen (secondary N) is 3. The van der Waals surface area contributed by atoms with Crippen molar-refractivity contribution in [2.24, 2.45) is 5.92 Å². The van der Waals surface area contributed by atoms with Crippen LogP contribution in [0.2, 0.25) is 0 Å². The number of fused-ring (bicyclic) bond motifs is 1. The van der Waals surface area contributed by atoms with Crippen LogP contribution in [-0.2, 0) is 4.74 Å². The molecule has 0 amide bonds. The van der Waals surface area contributed by atoms with E-state index in [2.05, 4.69) is 35.2 Å². The van der Waals surface area contributed by atoms with Crippen molar-refractivity contribution >= 4 is 11.0 Å². The van der Waals surface area contributed by atoms with E-state index in [-0.39, 0.29) is 11.7 Å². The lowest BCUT2D eigenvalue weighted by atomic mass is 9.98. The molecule has 2 aromatic rings. The van der Waals surface area contributed by atoms with E-state index in [0.717, 1.165) is 37.0 Å². The number of benzene rings is 1. The van der Waals surface area contributed by atoms with E-state index in [1.165, 1.54) is 5.56 Å². The van der Waals surface area contributed by atoms with Gasteiger partial charge in [0.2, 0.25) is 0 Å². The van der Waals surface area contributed by atoms with Crippen molar-refractivity contribution in [1.82, 2.24) is 15.3 Å². The SMILES string of the molecule is CCC1OCCC1CNC(C)c1ccc2[nH]c(=O)[nH]c2c1. The maximum Gasteiger partial charge on any atom is 0.323 e. The standard InChI is InChI=1S/C16H23N3O2/c1-3-15-12(6-7-21-15)9-17-10(2)11-4-5-13-14(8-11)19-16(20)18-13/h4-5,8,10,12,15,17H,3,6-7,9H2,1-2H3,(H2,18,19,20). The van der Waals surface area contributed by atoms with Crippen LogP contribution >= 0.6 is 0 Å². The molecule has 0 saturated carbocycles. The van der Waals surface area contributed by atoms with E-state index in [1.807, 2.05) is 12.1 Å². The molecule has 1 aromatic heterocycles. The summed E-state index contributed by atoms with van der Waals surface area (Å²) in [6.45, 7) is 6.20. The largest absolute Gasteiger partial charge is 0.378 e. The fraction of sp³-hybridized carbons (Fsp3) is 0.562. The van der Waals surface area contributed by atoms with Crippen LogP contribution in [0.25, 0.3) is 11.0 Å². The van der Waals surface area contributed by atoms with Crippen molar-refractivity contribution < 1.29 is 4.74 Å². The second-order valence-electron chi connectivity index (χ2n) is 5.88. The highest BCUT2D eigenvalue weighted by Gasteiger charge is 2.26. The monoisotopic (exact) mass is 289 g/mol. The second kappa shape index (κ2) is 6.03. The Balaban J connectivity index is 1.66. The Bertz CT molecular complexity index is 661. The van der Waals surface area contributed by atoms with E-state index >= 15 is 0 Å². The van der Waals surface area contributed by atoms with Crippen LogP contribution < -0.4 is 11.0 Å². The van der Waals surface area contributed by atoms with Gasteiger partial charge in [0.1, 0.15) is 0 Å². The van der Waals surface area contributed by atoms with Crippen molar-refractivity contribution in [3.8, 4) is 0 Å². The first-order chi connectivity index (χ1) is 10.2. The minimum absolute atomic E-state index is 0.156. The zero-order valence-corrected chi connectivity index (χ0v) is 12.6. The molecule has 21 heavy (non-hydrogen) atoms. The predicted molar refractivity (Wildman–Crippen MR) is 83.5 cm³/mol. The molecule has 3 rings (SSSR count). The van der Waals surface area contributed by atoms with Crippen molar-refractivity contribution in [3.63, 3.8) is 0 Å². The summed E-state index contributed by atoms with van der Waals surface area (Å²) < 4.78 is 5.73. The molecule has 2 heterocycles. The van der Waals surface area contributed by atoms with E-state index in [1.54, 1.807) is 0 Å². The maximum atomic E-state index is 11.3. The zero-order chi connectivity index (χ0) is 14.8. The van der Waals surface area contributed by atoms with Crippen molar-refractivity contribution in [3.05, 3.63) is 34.2 Å². The van der Waals surface area contributed by atoms with E-state index < -0.39 is 0 Å². The molecule has 114 valence electrons. The van der Waals surface area contributed by atoms with E-state index in [4.69, 9.17) is 4.74 Å². The Morgan fingerprint density at radius 2 is 2.19 bits per heavy atom. The van der Waals surface area contributed by atoms with Crippen LogP contribution in [0.3, 0.4) is 0 Å². The average molecular weight is 289 g/mol. The predicted octanol–water partition coefficient (Wildman–Crippen LogP) is 2.32. The quantitative estimate of drug-likeness (QED) is 0.791. The first-order valence-corrected chi connectivity index (χ1v) is 7.74. The van der Waals surface area contributed by atoms with Gasteiger partial charge in [-0.1, -0.05) is 13.0 Å². The third-order valence-electron chi connectivity index (χ3n) is 4.47. The van der Waals surface area contributed by atoms with Gasteiger partial charge in [-0.05, 0) is 43.4 Å². The Morgan fingerprint density at radius 3 is 3.00 bits per heavy atom. The smallest absolute Gasteiger partial charge is 0.323 e. The number of hydrogen-bond donors (Lipinski definition) is 3. The van der Waals surface area contributed by atoms with Gasteiger partial charge in [-0.25, -0.2) is 4.79 Å². The lowest BCUT2D eigenvalue weighted by Gasteiger charge is -2.21. The molecule has 0 spiro atoms. The molecule has 5 heteroatoms. The summed E-state index contributed by atoms with van der Waals surface area (Å²) in [5.74, 6) is 0.605. The molecule has 0 radical (unpaired) electrons. The van der Waals surface area contributed by atoms with Gasteiger partial charge in [0, 0.05) is 19.2 Å². The summed E-state index contributed by atoms with van der Waals surface area (Å²) in [5, 5.41) is 3.59. The summed E-state index contributed by atoms with van der Waals surface area (Å²) in [5.41, 5.74) is 2.74. The first-order valence-electron chi connectivity index (χ1n) is 7.74. The zero-order valence-electron chi connectivity index (χ0n) is 12.6.